The van der Waals surface area contributed by atoms with Crippen molar-refractivity contribution in [1.29, 1.82) is 0 Å². The number of carbonyl (C=O) groups excluding carboxylic acids is 1. The Kier molecular flexibility index (Phi) is 5.52. The molecule has 1 heterocycles. The lowest BCUT2D eigenvalue weighted by Gasteiger charge is -2.29. The van der Waals surface area contributed by atoms with Gasteiger partial charge in [0, 0.05) is 13.1 Å². The predicted molar refractivity (Wildman–Crippen MR) is 92.1 cm³/mol. The molecule has 1 fully saturated rings. The van der Waals surface area contributed by atoms with Crippen molar-refractivity contribution in [3.8, 4) is 5.75 Å². The number of rotatable bonds is 6. The zero-order chi connectivity index (χ0) is 17.9. The molecule has 1 unspecified atom stereocenters. The van der Waals surface area contributed by atoms with Crippen molar-refractivity contribution >= 4 is 11.9 Å². The van der Waals surface area contributed by atoms with Crippen molar-refractivity contribution in [3.05, 3.63) is 29.8 Å². The Morgan fingerprint density at radius 1 is 1.29 bits per heavy atom. The summed E-state index contributed by atoms with van der Waals surface area (Å²) < 4.78 is 5.68. The second kappa shape index (κ2) is 7.24. The molecule has 0 bridgehead atoms. The number of likely N-dealkylation sites (tertiary alicyclic amines) is 1. The van der Waals surface area contributed by atoms with E-state index < -0.39 is 17.3 Å². The first-order chi connectivity index (χ1) is 11.2. The second-order valence-corrected chi connectivity index (χ2v) is 7.43. The minimum absolute atomic E-state index is 0.0258. The Morgan fingerprint density at radius 2 is 1.92 bits per heavy atom. The van der Waals surface area contributed by atoms with Crippen LogP contribution in [0, 0.1) is 11.8 Å². The van der Waals surface area contributed by atoms with Gasteiger partial charge in [-0.05, 0) is 43.9 Å². The molecule has 1 aromatic rings. The number of aliphatic carboxylic acids is 1. The fourth-order valence-corrected chi connectivity index (χ4v) is 2.90. The summed E-state index contributed by atoms with van der Waals surface area (Å²) in [5.74, 6) is -0.0451. The summed E-state index contributed by atoms with van der Waals surface area (Å²) in [5.41, 5.74) is 0.215. The predicted octanol–water partition coefficient (Wildman–Crippen LogP) is 2.93. The second-order valence-electron chi connectivity index (χ2n) is 7.43. The first-order valence-corrected chi connectivity index (χ1v) is 8.47. The molecule has 0 saturated carbocycles. The summed E-state index contributed by atoms with van der Waals surface area (Å²) in [6, 6.07) is 7.60. The van der Waals surface area contributed by atoms with Gasteiger partial charge in [0.1, 0.15) is 5.75 Å². The van der Waals surface area contributed by atoms with Gasteiger partial charge in [-0.3, -0.25) is 9.59 Å². The van der Waals surface area contributed by atoms with Crippen LogP contribution >= 0.6 is 0 Å². The molecular formula is C19H27NO4. The number of carboxylic acid groups (broad SMARTS) is 1. The topological polar surface area (TPSA) is 66.8 Å². The van der Waals surface area contributed by atoms with E-state index in [2.05, 4.69) is 13.8 Å². The molecule has 5 nitrogen and oxygen atoms in total. The van der Waals surface area contributed by atoms with Crippen LogP contribution in [0.2, 0.25) is 0 Å². The van der Waals surface area contributed by atoms with Gasteiger partial charge in [0.05, 0.1) is 17.9 Å². The Bertz CT molecular complexity index is 592. The van der Waals surface area contributed by atoms with Crippen LogP contribution in [-0.2, 0) is 15.0 Å². The highest BCUT2D eigenvalue weighted by atomic mass is 16.5. The molecule has 1 amide bonds. The van der Waals surface area contributed by atoms with E-state index in [1.807, 2.05) is 38.1 Å². The number of hydrogen-bond acceptors (Lipinski definition) is 3. The number of ether oxygens (including phenoxy) is 1. The van der Waals surface area contributed by atoms with Crippen LogP contribution in [0.1, 0.15) is 39.7 Å². The van der Waals surface area contributed by atoms with Crippen LogP contribution < -0.4 is 4.74 Å². The van der Waals surface area contributed by atoms with E-state index in [4.69, 9.17) is 9.84 Å². The highest BCUT2D eigenvalue weighted by Crippen LogP contribution is 2.30. The van der Waals surface area contributed by atoms with Gasteiger partial charge in [-0.1, -0.05) is 26.0 Å². The first-order valence-electron chi connectivity index (χ1n) is 8.47. The zero-order valence-corrected chi connectivity index (χ0v) is 14.9. The lowest BCUT2D eigenvalue weighted by Crippen LogP contribution is -2.42. The van der Waals surface area contributed by atoms with Crippen LogP contribution in [0.3, 0.4) is 0 Å². The molecule has 1 saturated heterocycles. The van der Waals surface area contributed by atoms with Crippen LogP contribution in [0.25, 0.3) is 0 Å². The lowest BCUT2D eigenvalue weighted by molar-refractivity contribution is -0.141. The molecule has 2 rings (SSSR count). The van der Waals surface area contributed by atoms with E-state index in [1.54, 1.807) is 4.90 Å². The number of carbonyl (C=O) groups is 2. The van der Waals surface area contributed by atoms with Crippen LogP contribution in [0.4, 0.5) is 0 Å². The minimum Gasteiger partial charge on any atom is -0.493 e. The molecule has 0 radical (unpaired) electrons. The van der Waals surface area contributed by atoms with Gasteiger partial charge in [0.15, 0.2) is 0 Å². The maximum atomic E-state index is 12.8. The quantitative estimate of drug-likeness (QED) is 0.869. The van der Waals surface area contributed by atoms with E-state index in [0.717, 1.165) is 11.3 Å². The van der Waals surface area contributed by atoms with Crippen LogP contribution in [-0.4, -0.2) is 41.6 Å². The molecule has 1 atom stereocenters. The van der Waals surface area contributed by atoms with Crippen molar-refractivity contribution in [3.63, 3.8) is 0 Å². The molecule has 1 aliphatic rings. The van der Waals surface area contributed by atoms with Crippen LogP contribution in [0.15, 0.2) is 24.3 Å². The highest BCUT2D eigenvalue weighted by Gasteiger charge is 2.38. The van der Waals surface area contributed by atoms with Gasteiger partial charge >= 0.3 is 5.97 Å². The van der Waals surface area contributed by atoms with E-state index >= 15 is 0 Å². The van der Waals surface area contributed by atoms with E-state index in [0.29, 0.717) is 32.0 Å². The van der Waals surface area contributed by atoms with Gasteiger partial charge in [0.2, 0.25) is 5.91 Å². The number of hydrogen-bond donors (Lipinski definition) is 1. The van der Waals surface area contributed by atoms with Crippen LogP contribution in [0.5, 0.6) is 5.75 Å². The van der Waals surface area contributed by atoms with Crippen molar-refractivity contribution in [2.75, 3.05) is 19.7 Å². The molecule has 5 heteroatoms. The Morgan fingerprint density at radius 3 is 2.42 bits per heavy atom. The normalized spacial score (nSPS) is 18.0. The van der Waals surface area contributed by atoms with Gasteiger partial charge in [-0.2, -0.15) is 0 Å². The average molecular weight is 333 g/mol. The maximum absolute atomic E-state index is 12.8. The SMILES string of the molecule is CC(C)COc1ccc(C(C)(C)C(=O)N2CCC(C(=O)O)C2)cc1. The molecule has 132 valence electrons. The van der Waals surface area contributed by atoms with Gasteiger partial charge < -0.3 is 14.7 Å². The molecule has 1 N–H and O–H groups in total. The van der Waals surface area contributed by atoms with Gasteiger partial charge in [0.25, 0.3) is 0 Å². The monoisotopic (exact) mass is 333 g/mol. The summed E-state index contributed by atoms with van der Waals surface area (Å²) >= 11 is 0. The Labute approximate surface area is 143 Å². The molecule has 24 heavy (non-hydrogen) atoms. The summed E-state index contributed by atoms with van der Waals surface area (Å²) in [6.07, 6.45) is 0.527. The lowest BCUT2D eigenvalue weighted by atomic mass is 9.83. The summed E-state index contributed by atoms with van der Waals surface area (Å²) in [7, 11) is 0. The van der Waals surface area contributed by atoms with Crippen molar-refractivity contribution in [1.82, 2.24) is 4.90 Å². The largest absolute Gasteiger partial charge is 0.493 e. The zero-order valence-electron chi connectivity index (χ0n) is 14.9. The average Bonchev–Trinajstić information content (AvgIpc) is 3.02. The van der Waals surface area contributed by atoms with E-state index in [1.165, 1.54) is 0 Å². The third-order valence-electron chi connectivity index (χ3n) is 4.52. The fraction of sp³-hybridized carbons (Fsp3) is 0.579. The molecule has 1 aromatic carbocycles. The van der Waals surface area contributed by atoms with Gasteiger partial charge in [-0.15, -0.1) is 0 Å². The summed E-state index contributed by atoms with van der Waals surface area (Å²) in [6.45, 7) is 9.42. The van der Waals surface area contributed by atoms with Crippen molar-refractivity contribution in [2.45, 2.75) is 39.5 Å². The summed E-state index contributed by atoms with van der Waals surface area (Å²) in [5, 5.41) is 9.10. The highest BCUT2D eigenvalue weighted by molar-refractivity contribution is 5.88. The molecule has 0 spiro atoms. The molecule has 0 aliphatic carbocycles. The molecular weight excluding hydrogens is 306 g/mol. The number of nitrogens with zero attached hydrogens (tertiary/aromatic N) is 1. The first kappa shape index (κ1) is 18.3. The number of benzene rings is 1. The van der Waals surface area contributed by atoms with E-state index in [9.17, 15) is 9.59 Å². The standard InChI is InChI=1S/C19H27NO4/c1-13(2)12-24-16-7-5-15(6-8-16)19(3,4)18(23)20-10-9-14(11-20)17(21)22/h5-8,13-14H,9-12H2,1-4H3,(H,21,22). The number of amides is 1. The van der Waals surface area contributed by atoms with Crippen molar-refractivity contribution < 1.29 is 19.4 Å². The molecule has 1 aliphatic heterocycles. The Hall–Kier alpha value is -2.04. The third kappa shape index (κ3) is 4.08. The van der Waals surface area contributed by atoms with Crippen molar-refractivity contribution in [2.24, 2.45) is 11.8 Å². The third-order valence-corrected chi connectivity index (χ3v) is 4.52. The smallest absolute Gasteiger partial charge is 0.308 e. The minimum atomic E-state index is -0.824. The van der Waals surface area contributed by atoms with Gasteiger partial charge in [-0.25, -0.2) is 0 Å². The molecule has 0 aromatic heterocycles. The maximum Gasteiger partial charge on any atom is 0.308 e. The summed E-state index contributed by atoms with van der Waals surface area (Å²) in [4.78, 5) is 25.6. The fourth-order valence-electron chi connectivity index (χ4n) is 2.90. The Balaban J connectivity index is 2.06. The van der Waals surface area contributed by atoms with E-state index in [-0.39, 0.29) is 5.91 Å². The number of carboxylic acids is 1.